The number of amides is 1. The van der Waals surface area contributed by atoms with Gasteiger partial charge in [-0.15, -0.1) is 0 Å². The molecule has 3 N–H and O–H groups in total. The Balaban J connectivity index is 3.04. The third-order valence-corrected chi connectivity index (χ3v) is 4.17. The number of phenols is 1. The highest BCUT2D eigenvalue weighted by molar-refractivity contribution is 7.91. The fraction of sp³-hybridized carbons (Fsp3) is 0.300. The molecule has 0 aliphatic rings. The van der Waals surface area contributed by atoms with Crippen LogP contribution in [0.5, 0.6) is 5.75 Å². The monoisotopic (exact) mass is 338 g/mol. The summed E-state index contributed by atoms with van der Waals surface area (Å²) >= 11 is 0. The molecule has 1 aromatic rings. The second-order valence-electron chi connectivity index (χ2n) is 3.88. The standard InChI is InChI=1S/C10H14N2O7S2/c1-3-19-10(14)12-21(17,18)11-8-6-7(20(2,15)16)4-5-9(8)13/h4-6,11,13H,3H2,1-2H3,(H,12,14). The van der Waals surface area contributed by atoms with E-state index in [1.54, 1.807) is 0 Å². The van der Waals surface area contributed by atoms with E-state index in [2.05, 4.69) is 4.74 Å². The molecule has 1 aromatic carbocycles. The molecule has 1 rings (SSSR count). The summed E-state index contributed by atoms with van der Waals surface area (Å²) < 4.78 is 53.7. The molecule has 0 aliphatic heterocycles. The zero-order chi connectivity index (χ0) is 16.3. The van der Waals surface area contributed by atoms with E-state index in [0.29, 0.717) is 0 Å². The van der Waals surface area contributed by atoms with Crippen molar-refractivity contribution in [1.29, 1.82) is 0 Å². The Hall–Kier alpha value is -2.01. The molecule has 0 saturated carbocycles. The number of rotatable bonds is 5. The van der Waals surface area contributed by atoms with Crippen LogP contribution in [0.2, 0.25) is 0 Å². The van der Waals surface area contributed by atoms with Gasteiger partial charge in [-0.05, 0) is 25.1 Å². The van der Waals surface area contributed by atoms with E-state index in [9.17, 15) is 26.7 Å². The van der Waals surface area contributed by atoms with Crippen molar-refractivity contribution in [2.75, 3.05) is 17.6 Å². The second-order valence-corrected chi connectivity index (χ2v) is 7.31. The van der Waals surface area contributed by atoms with Gasteiger partial charge in [0.25, 0.3) is 0 Å². The van der Waals surface area contributed by atoms with Gasteiger partial charge in [0.1, 0.15) is 5.75 Å². The summed E-state index contributed by atoms with van der Waals surface area (Å²) in [4.78, 5) is 10.8. The molecule has 1 amide bonds. The molecule has 0 unspecified atom stereocenters. The van der Waals surface area contributed by atoms with E-state index in [4.69, 9.17) is 0 Å². The molecular formula is C10H14N2O7S2. The Kier molecular flexibility index (Phi) is 5.01. The molecule has 9 nitrogen and oxygen atoms in total. The van der Waals surface area contributed by atoms with Gasteiger partial charge in [-0.3, -0.25) is 4.72 Å². The Morgan fingerprint density at radius 2 is 1.90 bits per heavy atom. The number of carbonyl (C=O) groups is 1. The molecule has 0 aromatic heterocycles. The van der Waals surface area contributed by atoms with Crippen LogP contribution in [-0.4, -0.2) is 40.9 Å². The molecule has 0 spiro atoms. The number of sulfone groups is 1. The van der Waals surface area contributed by atoms with Gasteiger partial charge in [0.05, 0.1) is 17.2 Å². The number of ether oxygens (including phenoxy) is 1. The first-order valence-electron chi connectivity index (χ1n) is 5.55. The lowest BCUT2D eigenvalue weighted by Crippen LogP contribution is -2.35. The maximum atomic E-state index is 11.6. The van der Waals surface area contributed by atoms with Gasteiger partial charge in [0.2, 0.25) is 0 Å². The summed E-state index contributed by atoms with van der Waals surface area (Å²) in [7, 11) is -7.96. The Bertz CT molecular complexity index is 741. The topological polar surface area (TPSA) is 139 Å². The third-order valence-electron chi connectivity index (χ3n) is 2.13. The van der Waals surface area contributed by atoms with Gasteiger partial charge in [0.15, 0.2) is 9.84 Å². The van der Waals surface area contributed by atoms with Gasteiger partial charge in [-0.25, -0.2) is 17.9 Å². The predicted octanol–water partition coefficient (Wildman–Crippen LogP) is 0.198. The molecule has 11 heteroatoms. The zero-order valence-electron chi connectivity index (χ0n) is 11.2. The highest BCUT2D eigenvalue weighted by atomic mass is 32.2. The van der Waals surface area contributed by atoms with Crippen LogP contribution < -0.4 is 9.44 Å². The summed E-state index contributed by atoms with van der Waals surface area (Å²) in [5.41, 5.74) is -0.394. The second kappa shape index (κ2) is 6.18. The van der Waals surface area contributed by atoms with Crippen LogP contribution in [0.4, 0.5) is 10.5 Å². The van der Waals surface area contributed by atoms with Crippen molar-refractivity contribution in [3.05, 3.63) is 18.2 Å². The van der Waals surface area contributed by atoms with Crippen LogP contribution in [-0.2, 0) is 24.8 Å². The minimum absolute atomic E-state index is 0.0316. The molecule has 21 heavy (non-hydrogen) atoms. The molecular weight excluding hydrogens is 324 g/mol. The predicted molar refractivity (Wildman–Crippen MR) is 73.9 cm³/mol. The zero-order valence-corrected chi connectivity index (χ0v) is 12.8. The van der Waals surface area contributed by atoms with Crippen LogP contribution in [0.25, 0.3) is 0 Å². The maximum Gasteiger partial charge on any atom is 0.422 e. The number of hydrogen-bond acceptors (Lipinski definition) is 7. The summed E-state index contributed by atoms with van der Waals surface area (Å²) in [5.74, 6) is -0.503. The fourth-order valence-electron chi connectivity index (χ4n) is 1.27. The maximum absolute atomic E-state index is 11.6. The van der Waals surface area contributed by atoms with Crippen molar-refractivity contribution in [3.63, 3.8) is 0 Å². The lowest BCUT2D eigenvalue weighted by Gasteiger charge is -2.11. The largest absolute Gasteiger partial charge is 0.506 e. The number of hydrogen-bond donors (Lipinski definition) is 3. The summed E-state index contributed by atoms with van der Waals surface area (Å²) in [5, 5.41) is 9.54. The lowest BCUT2D eigenvalue weighted by molar-refractivity contribution is 0.159. The number of carbonyl (C=O) groups excluding carboxylic acids is 1. The lowest BCUT2D eigenvalue weighted by atomic mass is 10.3. The Morgan fingerprint density at radius 3 is 2.43 bits per heavy atom. The minimum atomic E-state index is -4.37. The van der Waals surface area contributed by atoms with Gasteiger partial charge in [0, 0.05) is 6.26 Å². The van der Waals surface area contributed by atoms with Crippen molar-refractivity contribution in [1.82, 2.24) is 4.72 Å². The first kappa shape index (κ1) is 17.0. The van der Waals surface area contributed by atoms with Crippen LogP contribution in [0, 0.1) is 0 Å². The molecule has 0 aliphatic carbocycles. The molecule has 0 radical (unpaired) electrons. The SMILES string of the molecule is CCOC(=O)NS(=O)(=O)Nc1cc(S(C)(=O)=O)ccc1O. The normalized spacial score (nSPS) is 11.7. The van der Waals surface area contributed by atoms with Crippen molar-refractivity contribution < 1.29 is 31.5 Å². The van der Waals surface area contributed by atoms with E-state index >= 15 is 0 Å². The quantitative estimate of drug-likeness (QED) is 0.652. The Morgan fingerprint density at radius 1 is 1.29 bits per heavy atom. The van der Waals surface area contributed by atoms with Gasteiger partial charge in [-0.1, -0.05) is 0 Å². The van der Waals surface area contributed by atoms with Gasteiger partial charge < -0.3 is 9.84 Å². The van der Waals surface area contributed by atoms with E-state index in [0.717, 1.165) is 24.5 Å². The van der Waals surface area contributed by atoms with E-state index < -0.39 is 37.6 Å². The van der Waals surface area contributed by atoms with Crippen molar-refractivity contribution in [2.45, 2.75) is 11.8 Å². The summed E-state index contributed by atoms with van der Waals surface area (Å²) in [6.07, 6.45) is -0.280. The van der Waals surface area contributed by atoms with Gasteiger partial charge >= 0.3 is 16.3 Å². The molecule has 0 bridgehead atoms. The molecule has 0 atom stereocenters. The molecule has 0 fully saturated rings. The van der Waals surface area contributed by atoms with E-state index in [-0.39, 0.29) is 11.5 Å². The summed E-state index contributed by atoms with van der Waals surface area (Å²) in [6, 6.07) is 3.05. The van der Waals surface area contributed by atoms with Crippen LogP contribution >= 0.6 is 0 Å². The van der Waals surface area contributed by atoms with Crippen molar-refractivity contribution in [3.8, 4) is 5.75 Å². The van der Waals surface area contributed by atoms with E-state index in [1.807, 2.05) is 4.72 Å². The number of phenolic OH excluding ortho intramolecular Hbond substituents is 1. The first-order chi connectivity index (χ1) is 9.55. The van der Waals surface area contributed by atoms with Crippen LogP contribution in [0.15, 0.2) is 23.1 Å². The highest BCUT2D eigenvalue weighted by Gasteiger charge is 2.18. The van der Waals surface area contributed by atoms with Crippen molar-refractivity contribution in [2.24, 2.45) is 0 Å². The minimum Gasteiger partial charge on any atom is -0.506 e. The number of aromatic hydroxyl groups is 1. The first-order valence-corrected chi connectivity index (χ1v) is 8.93. The number of benzene rings is 1. The van der Waals surface area contributed by atoms with Crippen LogP contribution in [0.3, 0.4) is 0 Å². The fourth-order valence-corrected chi connectivity index (χ4v) is 2.70. The van der Waals surface area contributed by atoms with Crippen LogP contribution in [0.1, 0.15) is 6.92 Å². The average molecular weight is 338 g/mol. The third kappa shape index (κ3) is 5.11. The number of nitrogens with one attached hydrogen (secondary N) is 2. The molecule has 0 heterocycles. The molecule has 118 valence electrons. The average Bonchev–Trinajstić information content (AvgIpc) is 2.29. The van der Waals surface area contributed by atoms with Crippen molar-refractivity contribution >= 4 is 31.8 Å². The highest BCUT2D eigenvalue weighted by Crippen LogP contribution is 2.26. The Labute approximate surface area is 122 Å². The number of anilines is 1. The summed E-state index contributed by atoms with van der Waals surface area (Å²) in [6.45, 7) is 1.46. The molecule has 0 saturated heterocycles. The van der Waals surface area contributed by atoms with E-state index in [1.165, 1.54) is 11.6 Å². The van der Waals surface area contributed by atoms with Gasteiger partial charge in [-0.2, -0.15) is 8.42 Å². The smallest absolute Gasteiger partial charge is 0.422 e.